The van der Waals surface area contributed by atoms with E-state index in [1.165, 1.54) is 6.07 Å². The number of amides is 2. The maximum atomic E-state index is 12.5. The molecule has 0 bridgehead atoms. The van der Waals surface area contributed by atoms with Crippen LogP contribution in [-0.4, -0.2) is 59.3 Å². The molecule has 0 radical (unpaired) electrons. The van der Waals surface area contributed by atoms with Gasteiger partial charge in [-0.2, -0.15) is 0 Å². The minimum atomic E-state index is -0.366. The molecule has 2 N–H and O–H groups in total. The highest BCUT2D eigenvalue weighted by atomic mass is 35.5. The Hall–Kier alpha value is -1.37. The van der Waals surface area contributed by atoms with Gasteiger partial charge >= 0.3 is 0 Å². The Bertz CT molecular complexity index is 553. The van der Waals surface area contributed by atoms with Crippen LogP contribution in [0.15, 0.2) is 12.1 Å². The first-order valence-electron chi connectivity index (χ1n) is 6.59. The zero-order valence-corrected chi connectivity index (χ0v) is 12.9. The van der Waals surface area contributed by atoms with Crippen molar-refractivity contribution in [3.63, 3.8) is 0 Å². The van der Waals surface area contributed by atoms with Gasteiger partial charge in [0.15, 0.2) is 0 Å². The normalized spacial score (nSPS) is 16.6. The van der Waals surface area contributed by atoms with Crippen LogP contribution in [0.5, 0.6) is 0 Å². The van der Waals surface area contributed by atoms with Crippen LogP contribution in [-0.2, 0) is 4.79 Å². The lowest BCUT2D eigenvalue weighted by molar-refractivity contribution is -0.119. The Morgan fingerprint density at radius 1 is 1.19 bits per heavy atom. The summed E-state index contributed by atoms with van der Waals surface area (Å²) in [4.78, 5) is 31.0. The van der Waals surface area contributed by atoms with Gasteiger partial charge in [0.2, 0.25) is 5.91 Å². The summed E-state index contributed by atoms with van der Waals surface area (Å²) in [5.41, 5.74) is 5.35. The Morgan fingerprint density at radius 3 is 2.67 bits per heavy atom. The number of carbonyl (C=O) groups is 2. The van der Waals surface area contributed by atoms with E-state index in [0.717, 1.165) is 13.0 Å². The summed E-state index contributed by atoms with van der Waals surface area (Å²) in [6.45, 7) is 2.60. The first-order valence-corrected chi connectivity index (χ1v) is 7.35. The van der Waals surface area contributed by atoms with Gasteiger partial charge in [-0.3, -0.25) is 14.5 Å². The van der Waals surface area contributed by atoms with Crippen molar-refractivity contribution < 1.29 is 9.59 Å². The van der Waals surface area contributed by atoms with E-state index in [1.54, 1.807) is 11.0 Å². The van der Waals surface area contributed by atoms with Crippen molar-refractivity contribution in [3.8, 4) is 0 Å². The van der Waals surface area contributed by atoms with Gasteiger partial charge in [0.1, 0.15) is 10.8 Å². The molecule has 0 aliphatic carbocycles. The van der Waals surface area contributed by atoms with Gasteiger partial charge in [0, 0.05) is 26.2 Å². The number of carbonyl (C=O) groups excluding carboxylic acids is 2. The number of halogens is 2. The molecule has 114 valence electrons. The van der Waals surface area contributed by atoms with E-state index in [-0.39, 0.29) is 34.2 Å². The van der Waals surface area contributed by atoms with Gasteiger partial charge in [-0.1, -0.05) is 23.2 Å². The molecule has 1 saturated heterocycles. The molecule has 6 nitrogen and oxygen atoms in total. The smallest absolute Gasteiger partial charge is 0.274 e. The van der Waals surface area contributed by atoms with E-state index in [0.29, 0.717) is 19.6 Å². The Labute approximate surface area is 132 Å². The molecule has 21 heavy (non-hydrogen) atoms. The number of nitrogens with two attached hydrogens (primary N) is 1. The number of primary amides is 1. The van der Waals surface area contributed by atoms with Crippen LogP contribution < -0.4 is 5.73 Å². The van der Waals surface area contributed by atoms with E-state index in [1.807, 2.05) is 4.90 Å². The van der Waals surface area contributed by atoms with E-state index in [4.69, 9.17) is 28.9 Å². The van der Waals surface area contributed by atoms with Crippen molar-refractivity contribution in [3.05, 3.63) is 28.0 Å². The third-order valence-electron chi connectivity index (χ3n) is 3.27. The lowest BCUT2D eigenvalue weighted by Crippen LogP contribution is -2.38. The average molecular weight is 331 g/mol. The molecular formula is C13H16Cl2N4O2. The van der Waals surface area contributed by atoms with E-state index >= 15 is 0 Å². The van der Waals surface area contributed by atoms with Gasteiger partial charge in [-0.05, 0) is 18.6 Å². The third kappa shape index (κ3) is 4.30. The first kappa shape index (κ1) is 16.0. The van der Waals surface area contributed by atoms with Crippen molar-refractivity contribution in [1.82, 2.24) is 14.8 Å². The molecule has 1 fully saturated rings. The van der Waals surface area contributed by atoms with Crippen LogP contribution in [0.3, 0.4) is 0 Å². The predicted molar refractivity (Wildman–Crippen MR) is 80.4 cm³/mol. The Morgan fingerprint density at radius 2 is 1.95 bits per heavy atom. The van der Waals surface area contributed by atoms with Gasteiger partial charge in [0.25, 0.3) is 5.91 Å². The summed E-state index contributed by atoms with van der Waals surface area (Å²) in [6.07, 6.45) is 0.761. The largest absolute Gasteiger partial charge is 0.369 e. The molecule has 1 aliphatic heterocycles. The second kappa shape index (κ2) is 7.06. The van der Waals surface area contributed by atoms with Crippen molar-refractivity contribution >= 4 is 35.0 Å². The molecule has 0 spiro atoms. The summed E-state index contributed by atoms with van der Waals surface area (Å²) < 4.78 is 0. The fourth-order valence-corrected chi connectivity index (χ4v) is 2.60. The van der Waals surface area contributed by atoms with Crippen molar-refractivity contribution in [1.29, 1.82) is 0 Å². The third-order valence-corrected chi connectivity index (χ3v) is 3.79. The van der Waals surface area contributed by atoms with Crippen LogP contribution >= 0.6 is 23.2 Å². The number of pyridine rings is 1. The predicted octanol–water partition coefficient (Wildman–Crippen LogP) is 1.02. The fourth-order valence-electron chi connectivity index (χ4n) is 2.27. The van der Waals surface area contributed by atoms with Crippen molar-refractivity contribution in [2.45, 2.75) is 6.42 Å². The number of hydrogen-bond acceptors (Lipinski definition) is 4. The maximum Gasteiger partial charge on any atom is 0.274 e. The summed E-state index contributed by atoms with van der Waals surface area (Å²) in [6, 6.07) is 3.10. The molecule has 2 amide bonds. The van der Waals surface area contributed by atoms with Crippen LogP contribution in [0.4, 0.5) is 0 Å². The minimum Gasteiger partial charge on any atom is -0.369 e. The summed E-state index contributed by atoms with van der Waals surface area (Å²) >= 11 is 11.8. The second-order valence-corrected chi connectivity index (χ2v) is 5.65. The minimum absolute atomic E-state index is 0.160. The van der Waals surface area contributed by atoms with E-state index < -0.39 is 0 Å². The van der Waals surface area contributed by atoms with Gasteiger partial charge in [0.05, 0.1) is 11.6 Å². The van der Waals surface area contributed by atoms with Gasteiger partial charge in [-0.25, -0.2) is 4.98 Å². The zero-order valence-electron chi connectivity index (χ0n) is 11.4. The standard InChI is InChI=1S/C13H16Cl2N4O2/c14-9-2-3-10(15)17-12(9)13(21)19-5-1-4-18(6-7-19)8-11(16)20/h2-3H,1,4-8H2,(H2,16,20). The highest BCUT2D eigenvalue weighted by molar-refractivity contribution is 6.34. The van der Waals surface area contributed by atoms with Gasteiger partial charge in [-0.15, -0.1) is 0 Å². The molecule has 8 heteroatoms. The van der Waals surface area contributed by atoms with Crippen LogP contribution in [0.25, 0.3) is 0 Å². The molecule has 1 aliphatic rings. The van der Waals surface area contributed by atoms with Crippen LogP contribution in [0.1, 0.15) is 16.9 Å². The molecule has 0 atom stereocenters. The van der Waals surface area contributed by atoms with E-state index in [9.17, 15) is 9.59 Å². The molecule has 2 rings (SSSR count). The SMILES string of the molecule is NC(=O)CN1CCCN(C(=O)c2nc(Cl)ccc2Cl)CC1. The monoisotopic (exact) mass is 330 g/mol. The second-order valence-electron chi connectivity index (χ2n) is 4.85. The molecule has 1 aromatic heterocycles. The summed E-state index contributed by atoms with van der Waals surface area (Å²) in [5, 5.41) is 0.510. The molecule has 0 unspecified atom stereocenters. The lowest BCUT2D eigenvalue weighted by Gasteiger charge is -2.21. The number of nitrogens with zero attached hydrogens (tertiary/aromatic N) is 3. The number of aromatic nitrogens is 1. The first-order chi connectivity index (χ1) is 9.97. The van der Waals surface area contributed by atoms with Crippen molar-refractivity contribution in [2.24, 2.45) is 5.73 Å². The van der Waals surface area contributed by atoms with Crippen molar-refractivity contribution in [2.75, 3.05) is 32.7 Å². The number of hydrogen-bond donors (Lipinski definition) is 1. The van der Waals surface area contributed by atoms with E-state index in [2.05, 4.69) is 4.98 Å². The molecular weight excluding hydrogens is 315 g/mol. The maximum absolute atomic E-state index is 12.5. The lowest BCUT2D eigenvalue weighted by atomic mass is 10.3. The number of rotatable bonds is 3. The highest BCUT2D eigenvalue weighted by Crippen LogP contribution is 2.19. The molecule has 1 aromatic rings. The highest BCUT2D eigenvalue weighted by Gasteiger charge is 2.23. The Kier molecular flexibility index (Phi) is 5.39. The van der Waals surface area contributed by atoms with Gasteiger partial charge < -0.3 is 10.6 Å². The Balaban J connectivity index is 2.06. The van der Waals surface area contributed by atoms with Crippen LogP contribution in [0.2, 0.25) is 10.2 Å². The summed E-state index contributed by atoms with van der Waals surface area (Å²) in [7, 11) is 0. The molecule has 0 saturated carbocycles. The topological polar surface area (TPSA) is 79.5 Å². The zero-order chi connectivity index (χ0) is 15.4. The molecule has 0 aromatic carbocycles. The fraction of sp³-hybridized carbons (Fsp3) is 0.462. The van der Waals surface area contributed by atoms with Crippen LogP contribution in [0, 0.1) is 0 Å². The molecule has 2 heterocycles. The summed E-state index contributed by atoms with van der Waals surface area (Å²) in [5.74, 6) is -0.613. The average Bonchev–Trinajstić information content (AvgIpc) is 2.66. The quantitative estimate of drug-likeness (QED) is 0.839.